The molecule has 0 unspecified atom stereocenters. The van der Waals surface area contributed by atoms with Crippen LogP contribution in [0.3, 0.4) is 0 Å². The van der Waals surface area contributed by atoms with Crippen molar-refractivity contribution in [2.45, 2.75) is 26.7 Å². The van der Waals surface area contributed by atoms with Crippen LogP contribution in [0.2, 0.25) is 0 Å². The predicted octanol–water partition coefficient (Wildman–Crippen LogP) is 2.52. The van der Waals surface area contributed by atoms with Gasteiger partial charge in [0.2, 0.25) is 0 Å². The highest BCUT2D eigenvalue weighted by atomic mass is 32.1. The van der Waals surface area contributed by atoms with Gasteiger partial charge in [-0.1, -0.05) is 6.92 Å². The second-order valence-corrected chi connectivity index (χ2v) is 4.63. The minimum absolute atomic E-state index is 0.783. The van der Waals surface area contributed by atoms with E-state index in [2.05, 4.69) is 34.1 Å². The predicted molar refractivity (Wildman–Crippen MR) is 70.5 cm³/mol. The van der Waals surface area contributed by atoms with Crippen molar-refractivity contribution in [3.05, 3.63) is 34.2 Å². The van der Waals surface area contributed by atoms with Crippen LogP contribution in [-0.2, 0) is 12.8 Å². The van der Waals surface area contributed by atoms with Crippen LogP contribution in [-0.4, -0.2) is 21.5 Å². The molecule has 0 spiro atoms. The van der Waals surface area contributed by atoms with Crippen LogP contribution in [0.5, 0.6) is 0 Å². The molecule has 0 amide bonds. The highest BCUT2D eigenvalue weighted by Gasteiger charge is 2.05. The van der Waals surface area contributed by atoms with Crippen LogP contribution in [0.4, 0.5) is 5.82 Å². The SMILES string of the molecule is CCNc1cc(Cc2nccs2)nc(CC)n1. The molecule has 0 fully saturated rings. The first-order chi connectivity index (χ1) is 8.31. The Labute approximate surface area is 105 Å². The van der Waals surface area contributed by atoms with Gasteiger partial charge in [-0.15, -0.1) is 11.3 Å². The summed E-state index contributed by atoms with van der Waals surface area (Å²) in [5, 5.41) is 6.31. The Morgan fingerprint density at radius 2 is 2.18 bits per heavy atom. The Bertz CT molecular complexity index is 467. The van der Waals surface area contributed by atoms with Gasteiger partial charge in [0, 0.05) is 37.0 Å². The average molecular weight is 248 g/mol. The van der Waals surface area contributed by atoms with E-state index in [1.165, 1.54) is 0 Å². The van der Waals surface area contributed by atoms with Crippen molar-refractivity contribution in [3.8, 4) is 0 Å². The first-order valence-electron chi connectivity index (χ1n) is 5.81. The maximum atomic E-state index is 4.52. The molecule has 0 aliphatic rings. The lowest BCUT2D eigenvalue weighted by Gasteiger charge is -2.07. The molecule has 4 nitrogen and oxygen atoms in total. The molecule has 0 saturated heterocycles. The number of rotatable bonds is 5. The Kier molecular flexibility index (Phi) is 4.03. The molecule has 17 heavy (non-hydrogen) atoms. The van der Waals surface area contributed by atoms with Gasteiger partial charge in [0.1, 0.15) is 11.6 Å². The van der Waals surface area contributed by atoms with Gasteiger partial charge in [-0.05, 0) is 6.92 Å². The molecule has 2 aromatic rings. The van der Waals surface area contributed by atoms with Crippen molar-refractivity contribution in [2.24, 2.45) is 0 Å². The summed E-state index contributed by atoms with van der Waals surface area (Å²) in [4.78, 5) is 13.2. The molecule has 0 atom stereocenters. The highest BCUT2D eigenvalue weighted by molar-refractivity contribution is 7.09. The van der Waals surface area contributed by atoms with Crippen LogP contribution in [0.15, 0.2) is 17.6 Å². The summed E-state index contributed by atoms with van der Waals surface area (Å²) in [6, 6.07) is 2.00. The molecule has 0 aliphatic heterocycles. The zero-order valence-corrected chi connectivity index (χ0v) is 10.9. The monoisotopic (exact) mass is 248 g/mol. The van der Waals surface area contributed by atoms with Gasteiger partial charge in [0.05, 0.1) is 10.7 Å². The fourth-order valence-electron chi connectivity index (χ4n) is 1.57. The molecule has 2 heterocycles. The molecular formula is C12H16N4S. The molecule has 90 valence electrons. The van der Waals surface area contributed by atoms with Gasteiger partial charge in [0.25, 0.3) is 0 Å². The van der Waals surface area contributed by atoms with E-state index in [0.29, 0.717) is 0 Å². The van der Waals surface area contributed by atoms with Gasteiger partial charge in [-0.3, -0.25) is 0 Å². The lowest BCUT2D eigenvalue weighted by atomic mass is 10.3. The topological polar surface area (TPSA) is 50.7 Å². The van der Waals surface area contributed by atoms with E-state index >= 15 is 0 Å². The highest BCUT2D eigenvalue weighted by Crippen LogP contribution is 2.13. The lowest BCUT2D eigenvalue weighted by Crippen LogP contribution is -2.06. The Morgan fingerprint density at radius 1 is 1.29 bits per heavy atom. The van der Waals surface area contributed by atoms with Gasteiger partial charge in [-0.25, -0.2) is 15.0 Å². The van der Waals surface area contributed by atoms with Crippen LogP contribution in [0, 0.1) is 0 Å². The summed E-state index contributed by atoms with van der Waals surface area (Å²) in [6.07, 6.45) is 3.46. The van der Waals surface area contributed by atoms with E-state index in [0.717, 1.165) is 41.7 Å². The van der Waals surface area contributed by atoms with E-state index in [1.807, 2.05) is 17.6 Å². The Morgan fingerprint density at radius 3 is 2.82 bits per heavy atom. The van der Waals surface area contributed by atoms with E-state index in [1.54, 1.807) is 11.3 Å². The number of hydrogen-bond donors (Lipinski definition) is 1. The number of anilines is 1. The number of nitrogens with zero attached hydrogens (tertiary/aromatic N) is 3. The second kappa shape index (κ2) is 5.72. The van der Waals surface area contributed by atoms with Crippen LogP contribution < -0.4 is 5.32 Å². The van der Waals surface area contributed by atoms with Gasteiger partial charge in [0.15, 0.2) is 0 Å². The summed E-state index contributed by atoms with van der Waals surface area (Å²) in [5.74, 6) is 1.79. The minimum atomic E-state index is 0.783. The first-order valence-corrected chi connectivity index (χ1v) is 6.68. The summed E-state index contributed by atoms with van der Waals surface area (Å²) < 4.78 is 0. The fraction of sp³-hybridized carbons (Fsp3) is 0.417. The lowest BCUT2D eigenvalue weighted by molar-refractivity contribution is 0.893. The number of thiazole rings is 1. The zero-order valence-electron chi connectivity index (χ0n) is 10.1. The largest absolute Gasteiger partial charge is 0.370 e. The molecular weight excluding hydrogens is 232 g/mol. The number of aromatic nitrogens is 3. The number of nitrogens with one attached hydrogen (secondary N) is 1. The third-order valence-electron chi connectivity index (χ3n) is 2.32. The molecule has 0 aliphatic carbocycles. The maximum Gasteiger partial charge on any atom is 0.130 e. The van der Waals surface area contributed by atoms with E-state index in [9.17, 15) is 0 Å². The van der Waals surface area contributed by atoms with Crippen molar-refractivity contribution >= 4 is 17.2 Å². The molecule has 2 rings (SSSR count). The van der Waals surface area contributed by atoms with E-state index < -0.39 is 0 Å². The zero-order chi connectivity index (χ0) is 12.1. The van der Waals surface area contributed by atoms with Crippen LogP contribution >= 0.6 is 11.3 Å². The molecule has 1 N–H and O–H groups in total. The minimum Gasteiger partial charge on any atom is -0.370 e. The van der Waals surface area contributed by atoms with Crippen molar-refractivity contribution in [1.82, 2.24) is 15.0 Å². The third-order valence-corrected chi connectivity index (χ3v) is 3.10. The van der Waals surface area contributed by atoms with Gasteiger partial charge >= 0.3 is 0 Å². The summed E-state index contributed by atoms with van der Waals surface area (Å²) >= 11 is 1.66. The molecule has 2 aromatic heterocycles. The molecule has 0 saturated carbocycles. The number of aryl methyl sites for hydroxylation is 1. The molecule has 0 radical (unpaired) electrons. The van der Waals surface area contributed by atoms with Gasteiger partial charge in [-0.2, -0.15) is 0 Å². The molecule has 5 heteroatoms. The smallest absolute Gasteiger partial charge is 0.130 e. The van der Waals surface area contributed by atoms with Gasteiger partial charge < -0.3 is 5.32 Å². The van der Waals surface area contributed by atoms with Crippen LogP contribution in [0.1, 0.15) is 30.4 Å². The van der Waals surface area contributed by atoms with E-state index in [-0.39, 0.29) is 0 Å². The summed E-state index contributed by atoms with van der Waals surface area (Å²) in [7, 11) is 0. The maximum absolute atomic E-state index is 4.52. The number of hydrogen-bond acceptors (Lipinski definition) is 5. The molecule has 0 aromatic carbocycles. The van der Waals surface area contributed by atoms with Crippen molar-refractivity contribution in [1.29, 1.82) is 0 Å². The van der Waals surface area contributed by atoms with Crippen LogP contribution in [0.25, 0.3) is 0 Å². The summed E-state index contributed by atoms with van der Waals surface area (Å²) in [6.45, 7) is 5.00. The standard InChI is InChI=1S/C12H16N4S/c1-3-10-15-9(7-11(16-10)13-4-2)8-12-14-5-6-17-12/h5-7H,3-4,8H2,1-2H3,(H,13,15,16). The average Bonchev–Trinajstić information content (AvgIpc) is 2.82. The quantitative estimate of drug-likeness (QED) is 0.883. The summed E-state index contributed by atoms with van der Waals surface area (Å²) in [5.41, 5.74) is 1.03. The fourth-order valence-corrected chi connectivity index (χ4v) is 2.20. The first kappa shape index (κ1) is 12.0. The van der Waals surface area contributed by atoms with Crippen molar-refractivity contribution in [3.63, 3.8) is 0 Å². The second-order valence-electron chi connectivity index (χ2n) is 3.65. The molecule has 0 bridgehead atoms. The normalized spacial score (nSPS) is 10.5. The van der Waals surface area contributed by atoms with E-state index in [4.69, 9.17) is 0 Å². The van der Waals surface area contributed by atoms with Crippen molar-refractivity contribution in [2.75, 3.05) is 11.9 Å². The Balaban J connectivity index is 2.23. The Hall–Kier alpha value is -1.49. The third kappa shape index (κ3) is 3.23. The van der Waals surface area contributed by atoms with Crippen molar-refractivity contribution < 1.29 is 0 Å².